The minimum Gasteiger partial charge on any atom is -0.406 e. The summed E-state index contributed by atoms with van der Waals surface area (Å²) in [6, 6.07) is 4.71. The van der Waals surface area contributed by atoms with Crippen LogP contribution in [0.3, 0.4) is 0 Å². The predicted octanol–water partition coefficient (Wildman–Crippen LogP) is 3.00. The normalized spacial score (nSPS) is 20.8. The first-order chi connectivity index (χ1) is 13.3. The molecule has 2 heterocycles. The molecular weight excluding hydrogens is 375 g/mol. The largest absolute Gasteiger partial charge is 0.573 e. The van der Waals surface area contributed by atoms with Gasteiger partial charge in [-0.2, -0.15) is 0 Å². The molecule has 0 aliphatic carbocycles. The van der Waals surface area contributed by atoms with Gasteiger partial charge in [0.1, 0.15) is 5.75 Å². The van der Waals surface area contributed by atoms with Crippen molar-refractivity contribution in [3.05, 3.63) is 24.3 Å². The van der Waals surface area contributed by atoms with Crippen LogP contribution in [0, 0.1) is 0 Å². The van der Waals surface area contributed by atoms with Crippen LogP contribution >= 0.6 is 0 Å². The first kappa shape index (κ1) is 20.4. The van der Waals surface area contributed by atoms with Crippen molar-refractivity contribution >= 4 is 17.5 Å². The smallest absolute Gasteiger partial charge is 0.406 e. The van der Waals surface area contributed by atoms with E-state index in [9.17, 15) is 22.8 Å². The number of ether oxygens (including phenoxy) is 1. The molecule has 0 spiro atoms. The highest BCUT2D eigenvalue weighted by atomic mass is 19.4. The molecule has 154 valence electrons. The molecule has 3 rings (SSSR count). The third kappa shape index (κ3) is 5.60. The fraction of sp³-hybridized carbons (Fsp3) is 0.579. The third-order valence-electron chi connectivity index (χ3n) is 5.03. The lowest BCUT2D eigenvalue weighted by atomic mass is 10.0. The summed E-state index contributed by atoms with van der Waals surface area (Å²) in [4.78, 5) is 28.9. The number of rotatable bonds is 5. The van der Waals surface area contributed by atoms with E-state index >= 15 is 0 Å². The molecule has 2 aliphatic heterocycles. The average Bonchev–Trinajstić information content (AvgIpc) is 3.17. The lowest BCUT2D eigenvalue weighted by molar-refractivity contribution is -0.274. The molecule has 1 aromatic carbocycles. The Bertz CT molecular complexity index is 688. The van der Waals surface area contributed by atoms with Crippen LogP contribution in [0.15, 0.2) is 24.3 Å². The van der Waals surface area contributed by atoms with Gasteiger partial charge in [-0.15, -0.1) is 13.2 Å². The van der Waals surface area contributed by atoms with Crippen molar-refractivity contribution in [2.24, 2.45) is 0 Å². The van der Waals surface area contributed by atoms with E-state index in [0.717, 1.165) is 57.3 Å². The number of alkyl halides is 3. The van der Waals surface area contributed by atoms with Gasteiger partial charge in [0.15, 0.2) is 0 Å². The number of halogens is 3. The molecule has 2 fully saturated rings. The van der Waals surface area contributed by atoms with Gasteiger partial charge in [0.2, 0.25) is 11.8 Å². The van der Waals surface area contributed by atoms with E-state index in [-0.39, 0.29) is 30.2 Å². The molecule has 6 nitrogen and oxygen atoms in total. The highest BCUT2D eigenvalue weighted by Gasteiger charge is 2.34. The lowest BCUT2D eigenvalue weighted by Crippen LogP contribution is -2.52. The van der Waals surface area contributed by atoms with Gasteiger partial charge in [-0.1, -0.05) is 6.42 Å². The first-order valence-electron chi connectivity index (χ1n) is 9.50. The SMILES string of the molecule is O=C(CN1CCCCC1C(=O)N1CCCC1)Nc1ccc(OC(F)(F)F)cc1. The molecule has 0 saturated carbocycles. The molecule has 1 aromatic rings. The summed E-state index contributed by atoms with van der Waals surface area (Å²) in [5.74, 6) is -0.554. The van der Waals surface area contributed by atoms with Gasteiger partial charge in [-0.3, -0.25) is 14.5 Å². The maximum absolute atomic E-state index is 12.7. The maximum atomic E-state index is 12.7. The summed E-state index contributed by atoms with van der Waals surface area (Å²) < 4.78 is 40.4. The van der Waals surface area contributed by atoms with Crippen molar-refractivity contribution < 1.29 is 27.5 Å². The maximum Gasteiger partial charge on any atom is 0.573 e. The van der Waals surface area contributed by atoms with E-state index in [1.165, 1.54) is 12.1 Å². The van der Waals surface area contributed by atoms with Crippen molar-refractivity contribution in [1.29, 1.82) is 0 Å². The standard InChI is InChI=1S/C19H24F3N3O3/c20-19(21,22)28-15-8-6-14(7-9-15)23-17(26)13-25-12-2-1-5-16(25)18(27)24-10-3-4-11-24/h6-9,16H,1-5,10-13H2,(H,23,26). The molecule has 28 heavy (non-hydrogen) atoms. The molecule has 2 saturated heterocycles. The number of likely N-dealkylation sites (tertiary alicyclic amines) is 2. The molecule has 0 bridgehead atoms. The Kier molecular flexibility index (Phi) is 6.43. The minimum atomic E-state index is -4.75. The Morgan fingerprint density at radius 1 is 1.04 bits per heavy atom. The molecule has 9 heteroatoms. The van der Waals surface area contributed by atoms with Crippen LogP contribution < -0.4 is 10.1 Å². The van der Waals surface area contributed by atoms with Crippen molar-refractivity contribution in [1.82, 2.24) is 9.80 Å². The molecule has 1 unspecified atom stereocenters. The summed E-state index contributed by atoms with van der Waals surface area (Å²) in [5, 5.41) is 2.67. The van der Waals surface area contributed by atoms with Gasteiger partial charge in [-0.05, 0) is 56.5 Å². The van der Waals surface area contributed by atoms with Gasteiger partial charge in [0.25, 0.3) is 0 Å². The summed E-state index contributed by atoms with van der Waals surface area (Å²) >= 11 is 0. The fourth-order valence-corrected chi connectivity index (χ4v) is 3.73. The van der Waals surface area contributed by atoms with E-state index in [1.807, 2.05) is 9.80 Å². The summed E-state index contributed by atoms with van der Waals surface area (Å²) in [6.45, 7) is 2.31. The van der Waals surface area contributed by atoms with E-state index in [0.29, 0.717) is 12.2 Å². The second-order valence-corrected chi connectivity index (χ2v) is 7.13. The van der Waals surface area contributed by atoms with Gasteiger partial charge < -0.3 is 15.0 Å². The third-order valence-corrected chi connectivity index (χ3v) is 5.03. The lowest BCUT2D eigenvalue weighted by Gasteiger charge is -2.36. The Labute approximate surface area is 161 Å². The van der Waals surface area contributed by atoms with Crippen LogP contribution in [0.25, 0.3) is 0 Å². The number of nitrogens with one attached hydrogen (secondary N) is 1. The topological polar surface area (TPSA) is 61.9 Å². The number of hydrogen-bond acceptors (Lipinski definition) is 4. The van der Waals surface area contributed by atoms with Crippen molar-refractivity contribution in [3.63, 3.8) is 0 Å². The van der Waals surface area contributed by atoms with E-state index in [4.69, 9.17) is 0 Å². The van der Waals surface area contributed by atoms with Crippen LogP contribution in [0.2, 0.25) is 0 Å². The van der Waals surface area contributed by atoms with E-state index in [2.05, 4.69) is 10.1 Å². The zero-order valence-electron chi connectivity index (χ0n) is 15.5. The van der Waals surface area contributed by atoms with Crippen molar-refractivity contribution in [2.75, 3.05) is 31.5 Å². The zero-order valence-corrected chi connectivity index (χ0v) is 15.5. The van der Waals surface area contributed by atoms with Gasteiger partial charge in [0.05, 0.1) is 12.6 Å². The Morgan fingerprint density at radius 2 is 1.68 bits per heavy atom. The van der Waals surface area contributed by atoms with Gasteiger partial charge in [0, 0.05) is 18.8 Å². The average molecular weight is 399 g/mol. The molecule has 2 amide bonds. The zero-order chi connectivity index (χ0) is 20.1. The van der Waals surface area contributed by atoms with Crippen LogP contribution in [0.5, 0.6) is 5.75 Å². The quantitative estimate of drug-likeness (QED) is 0.827. The van der Waals surface area contributed by atoms with Crippen LogP contribution in [-0.2, 0) is 9.59 Å². The molecule has 1 N–H and O–H groups in total. The predicted molar refractivity (Wildman–Crippen MR) is 96.8 cm³/mol. The Hall–Kier alpha value is -2.29. The Balaban J connectivity index is 1.55. The number of carbonyl (C=O) groups excluding carboxylic acids is 2. The van der Waals surface area contributed by atoms with Crippen molar-refractivity contribution in [2.45, 2.75) is 44.5 Å². The van der Waals surface area contributed by atoms with Gasteiger partial charge >= 0.3 is 6.36 Å². The summed E-state index contributed by atoms with van der Waals surface area (Å²) in [7, 11) is 0. The molecule has 2 aliphatic rings. The number of piperidine rings is 1. The number of benzene rings is 1. The second-order valence-electron chi connectivity index (χ2n) is 7.13. The molecule has 1 atom stereocenters. The summed E-state index contributed by atoms with van der Waals surface area (Å²) in [5.41, 5.74) is 0.374. The number of nitrogens with zero attached hydrogens (tertiary/aromatic N) is 2. The highest BCUT2D eigenvalue weighted by molar-refractivity contribution is 5.93. The van der Waals surface area contributed by atoms with E-state index < -0.39 is 6.36 Å². The van der Waals surface area contributed by atoms with Gasteiger partial charge in [-0.25, -0.2) is 0 Å². The van der Waals surface area contributed by atoms with Crippen LogP contribution in [0.4, 0.5) is 18.9 Å². The monoisotopic (exact) mass is 399 g/mol. The fourth-order valence-electron chi connectivity index (χ4n) is 3.73. The number of hydrogen-bond donors (Lipinski definition) is 1. The minimum absolute atomic E-state index is 0.0745. The van der Waals surface area contributed by atoms with Crippen LogP contribution in [0.1, 0.15) is 32.1 Å². The van der Waals surface area contributed by atoms with E-state index in [1.54, 1.807) is 0 Å². The second kappa shape index (κ2) is 8.81. The molecule has 0 radical (unpaired) electrons. The first-order valence-corrected chi connectivity index (χ1v) is 9.50. The van der Waals surface area contributed by atoms with Crippen molar-refractivity contribution in [3.8, 4) is 5.75 Å². The van der Waals surface area contributed by atoms with Crippen LogP contribution in [-0.4, -0.2) is 60.2 Å². The molecule has 0 aromatic heterocycles. The Morgan fingerprint density at radius 3 is 2.32 bits per heavy atom. The number of amides is 2. The number of carbonyl (C=O) groups is 2. The number of anilines is 1. The highest BCUT2D eigenvalue weighted by Crippen LogP contribution is 2.24. The molecular formula is C19H24F3N3O3. The summed E-state index contributed by atoms with van der Waals surface area (Å²) in [6.07, 6.45) is -0.0778.